The maximum absolute atomic E-state index is 5.83. The lowest BCUT2D eigenvalue weighted by Gasteiger charge is -2.11. The molecule has 0 spiro atoms. The molecule has 0 unspecified atom stereocenters. The normalized spacial score (nSPS) is 12.6. The molecule has 0 aliphatic heterocycles. The molecule has 1 atom stereocenters. The summed E-state index contributed by atoms with van der Waals surface area (Å²) in [4.78, 5) is 0. The number of halogens is 1. The van der Waals surface area contributed by atoms with Crippen molar-refractivity contribution >= 4 is 15.9 Å². The zero-order valence-corrected chi connectivity index (χ0v) is 8.64. The first-order chi connectivity index (χ1) is 5.66. The maximum atomic E-state index is 5.83. The average Bonchev–Trinajstić information content (AvgIpc) is 2.08. The maximum Gasteiger partial charge on any atom is 0.0481 e. The number of hydrogen-bond donors (Lipinski definition) is 1. The van der Waals surface area contributed by atoms with Gasteiger partial charge < -0.3 is 5.73 Å². The standard InChI is InChI=1S/C10H12BrN/c1-3-10(12)8-5-4-6-9(11)7(8)2/h3-6,10H,1,12H2,2H3/t10-/m1/s1. The van der Waals surface area contributed by atoms with Crippen LogP contribution in [0.4, 0.5) is 0 Å². The highest BCUT2D eigenvalue weighted by atomic mass is 79.9. The van der Waals surface area contributed by atoms with E-state index in [1.54, 1.807) is 6.08 Å². The Balaban J connectivity index is 3.15. The minimum atomic E-state index is -0.0671. The lowest BCUT2D eigenvalue weighted by atomic mass is 10.0. The predicted octanol–water partition coefficient (Wildman–Crippen LogP) is 2.94. The van der Waals surface area contributed by atoms with Gasteiger partial charge in [0.1, 0.15) is 0 Å². The van der Waals surface area contributed by atoms with Crippen LogP contribution in [0.25, 0.3) is 0 Å². The number of hydrogen-bond acceptors (Lipinski definition) is 1. The smallest absolute Gasteiger partial charge is 0.0481 e. The fourth-order valence-corrected chi connectivity index (χ4v) is 1.49. The van der Waals surface area contributed by atoms with E-state index in [9.17, 15) is 0 Å². The van der Waals surface area contributed by atoms with E-state index < -0.39 is 0 Å². The Kier molecular flexibility index (Phi) is 3.06. The first-order valence-corrected chi connectivity index (χ1v) is 4.59. The van der Waals surface area contributed by atoms with Gasteiger partial charge in [-0.1, -0.05) is 34.1 Å². The van der Waals surface area contributed by atoms with Crippen molar-refractivity contribution in [2.75, 3.05) is 0 Å². The van der Waals surface area contributed by atoms with E-state index in [0.717, 1.165) is 10.0 Å². The van der Waals surface area contributed by atoms with E-state index in [2.05, 4.69) is 22.5 Å². The Morgan fingerprint density at radius 2 is 2.25 bits per heavy atom. The highest BCUT2D eigenvalue weighted by Gasteiger charge is 2.05. The molecule has 0 aromatic heterocycles. The summed E-state index contributed by atoms with van der Waals surface area (Å²) >= 11 is 3.45. The third kappa shape index (κ3) is 1.76. The Hall–Kier alpha value is -0.600. The van der Waals surface area contributed by atoms with E-state index in [-0.39, 0.29) is 6.04 Å². The van der Waals surface area contributed by atoms with Gasteiger partial charge in [-0.2, -0.15) is 0 Å². The molecule has 0 aliphatic rings. The van der Waals surface area contributed by atoms with E-state index in [1.807, 2.05) is 25.1 Å². The fraction of sp³-hybridized carbons (Fsp3) is 0.200. The van der Waals surface area contributed by atoms with Gasteiger partial charge in [-0.3, -0.25) is 0 Å². The molecule has 12 heavy (non-hydrogen) atoms. The molecule has 1 nitrogen and oxygen atoms in total. The summed E-state index contributed by atoms with van der Waals surface area (Å²) in [5, 5.41) is 0. The lowest BCUT2D eigenvalue weighted by Crippen LogP contribution is -2.08. The van der Waals surface area contributed by atoms with Crippen LogP contribution in [0.5, 0.6) is 0 Å². The second kappa shape index (κ2) is 3.87. The Labute approximate surface area is 81.4 Å². The van der Waals surface area contributed by atoms with Gasteiger partial charge >= 0.3 is 0 Å². The lowest BCUT2D eigenvalue weighted by molar-refractivity contribution is 0.900. The molecule has 0 fully saturated rings. The van der Waals surface area contributed by atoms with Gasteiger partial charge in [-0.15, -0.1) is 6.58 Å². The Morgan fingerprint density at radius 1 is 1.58 bits per heavy atom. The molecule has 1 aromatic carbocycles. The van der Waals surface area contributed by atoms with E-state index in [1.165, 1.54) is 5.56 Å². The van der Waals surface area contributed by atoms with Crippen LogP contribution in [0.1, 0.15) is 17.2 Å². The average molecular weight is 226 g/mol. The second-order valence-electron chi connectivity index (χ2n) is 2.72. The topological polar surface area (TPSA) is 26.0 Å². The number of nitrogens with two attached hydrogens (primary N) is 1. The Morgan fingerprint density at radius 3 is 2.83 bits per heavy atom. The van der Waals surface area contributed by atoms with Crippen molar-refractivity contribution in [3.05, 3.63) is 46.5 Å². The number of benzene rings is 1. The molecular formula is C10H12BrN. The fourth-order valence-electron chi connectivity index (χ4n) is 1.11. The van der Waals surface area contributed by atoms with Crippen molar-refractivity contribution in [2.45, 2.75) is 13.0 Å². The third-order valence-corrected chi connectivity index (χ3v) is 2.78. The largest absolute Gasteiger partial charge is 0.321 e. The van der Waals surface area contributed by atoms with Crippen LogP contribution in [-0.4, -0.2) is 0 Å². The molecule has 64 valence electrons. The molecule has 1 aromatic rings. The summed E-state index contributed by atoms with van der Waals surface area (Å²) in [5.74, 6) is 0. The van der Waals surface area contributed by atoms with E-state index in [4.69, 9.17) is 5.73 Å². The van der Waals surface area contributed by atoms with Crippen molar-refractivity contribution in [2.24, 2.45) is 5.73 Å². The van der Waals surface area contributed by atoms with Crippen molar-refractivity contribution in [3.8, 4) is 0 Å². The number of rotatable bonds is 2. The molecule has 0 bridgehead atoms. The molecule has 2 N–H and O–H groups in total. The van der Waals surface area contributed by atoms with Gasteiger partial charge in [-0.05, 0) is 24.1 Å². The van der Waals surface area contributed by atoms with Crippen LogP contribution in [0.3, 0.4) is 0 Å². The minimum absolute atomic E-state index is 0.0671. The van der Waals surface area contributed by atoms with Gasteiger partial charge in [0, 0.05) is 10.5 Å². The van der Waals surface area contributed by atoms with E-state index in [0.29, 0.717) is 0 Å². The third-order valence-electron chi connectivity index (χ3n) is 1.92. The molecule has 1 rings (SSSR count). The zero-order chi connectivity index (χ0) is 9.14. The van der Waals surface area contributed by atoms with Gasteiger partial charge in [0.15, 0.2) is 0 Å². The summed E-state index contributed by atoms with van der Waals surface area (Å²) < 4.78 is 1.09. The Bertz CT molecular complexity index is 294. The van der Waals surface area contributed by atoms with Crippen molar-refractivity contribution in [3.63, 3.8) is 0 Å². The molecule has 0 saturated carbocycles. The summed E-state index contributed by atoms with van der Waals surface area (Å²) in [5.41, 5.74) is 8.13. The highest BCUT2D eigenvalue weighted by molar-refractivity contribution is 9.10. The molecule has 0 saturated heterocycles. The summed E-state index contributed by atoms with van der Waals surface area (Å²) in [6.45, 7) is 5.71. The zero-order valence-electron chi connectivity index (χ0n) is 7.05. The van der Waals surface area contributed by atoms with Crippen LogP contribution >= 0.6 is 15.9 Å². The van der Waals surface area contributed by atoms with Gasteiger partial charge in [-0.25, -0.2) is 0 Å². The molecule has 0 aliphatic carbocycles. The van der Waals surface area contributed by atoms with Crippen LogP contribution in [0.15, 0.2) is 35.3 Å². The molecule has 0 heterocycles. The summed E-state index contributed by atoms with van der Waals surface area (Å²) in [7, 11) is 0. The highest BCUT2D eigenvalue weighted by Crippen LogP contribution is 2.23. The van der Waals surface area contributed by atoms with Gasteiger partial charge in [0.2, 0.25) is 0 Å². The molecule has 0 amide bonds. The first kappa shape index (κ1) is 9.49. The van der Waals surface area contributed by atoms with Crippen LogP contribution < -0.4 is 5.73 Å². The summed E-state index contributed by atoms with van der Waals surface area (Å²) in [6, 6.07) is 5.94. The van der Waals surface area contributed by atoms with Crippen LogP contribution in [-0.2, 0) is 0 Å². The monoisotopic (exact) mass is 225 g/mol. The van der Waals surface area contributed by atoms with Crippen LogP contribution in [0.2, 0.25) is 0 Å². The minimum Gasteiger partial charge on any atom is -0.321 e. The van der Waals surface area contributed by atoms with Gasteiger partial charge in [0.05, 0.1) is 0 Å². The SMILES string of the molecule is C=C[C@@H](N)c1cccc(Br)c1C. The van der Waals surface area contributed by atoms with Crippen molar-refractivity contribution in [1.29, 1.82) is 0 Å². The van der Waals surface area contributed by atoms with Crippen molar-refractivity contribution in [1.82, 2.24) is 0 Å². The van der Waals surface area contributed by atoms with Crippen LogP contribution in [0, 0.1) is 6.92 Å². The second-order valence-corrected chi connectivity index (χ2v) is 3.57. The van der Waals surface area contributed by atoms with Gasteiger partial charge in [0.25, 0.3) is 0 Å². The molecule has 2 heteroatoms. The summed E-state index contributed by atoms with van der Waals surface area (Å²) in [6.07, 6.45) is 1.74. The van der Waals surface area contributed by atoms with E-state index >= 15 is 0 Å². The predicted molar refractivity (Wildman–Crippen MR) is 56.0 cm³/mol. The molecule has 0 radical (unpaired) electrons. The first-order valence-electron chi connectivity index (χ1n) is 3.80. The molecular weight excluding hydrogens is 214 g/mol. The van der Waals surface area contributed by atoms with Crippen molar-refractivity contribution < 1.29 is 0 Å². The quantitative estimate of drug-likeness (QED) is 0.771.